The summed E-state index contributed by atoms with van der Waals surface area (Å²) in [5, 5.41) is 5.59. The van der Waals surface area contributed by atoms with Crippen LogP contribution in [0.5, 0.6) is 0 Å². The molecule has 2 aliphatic rings. The fourth-order valence-electron chi connectivity index (χ4n) is 4.40. The number of aromatic nitrogens is 2. The normalized spacial score (nSPS) is 22.0. The maximum absolute atomic E-state index is 12.8. The van der Waals surface area contributed by atoms with Gasteiger partial charge in [-0.05, 0) is 49.2 Å². The minimum Gasteiger partial charge on any atom is -0.322 e. The lowest BCUT2D eigenvalue weighted by molar-refractivity contribution is 0.0983. The number of hydrogen-bond acceptors (Lipinski definition) is 4. The van der Waals surface area contributed by atoms with Crippen LogP contribution in [0.1, 0.15) is 42.2 Å². The van der Waals surface area contributed by atoms with Crippen molar-refractivity contribution in [3.05, 3.63) is 51.8 Å². The van der Waals surface area contributed by atoms with Gasteiger partial charge < -0.3 is 4.90 Å². The van der Waals surface area contributed by atoms with E-state index in [1.165, 1.54) is 4.68 Å². The average Bonchev–Trinajstić information content (AvgIpc) is 3.44. The van der Waals surface area contributed by atoms with E-state index in [0.717, 1.165) is 43.1 Å². The third kappa shape index (κ3) is 4.20. The van der Waals surface area contributed by atoms with Gasteiger partial charge in [0.2, 0.25) is 0 Å². The standard InChI is InChI=1S/C21H24Cl2N4O2/c1-2-19(28)18-5-8-27(24-18)20(29)26-10-7-21(14-26)6-9-25(13-21)12-15-11-16(22)3-4-17(15)23/h3-5,8,11H,2,6-7,9-10,12-14H2,1H3. The van der Waals surface area contributed by atoms with Crippen molar-refractivity contribution in [1.82, 2.24) is 19.6 Å². The van der Waals surface area contributed by atoms with Crippen LogP contribution in [0.15, 0.2) is 30.5 Å². The van der Waals surface area contributed by atoms with Crippen molar-refractivity contribution in [2.24, 2.45) is 5.41 Å². The zero-order valence-electron chi connectivity index (χ0n) is 16.4. The minimum absolute atomic E-state index is 0.0550. The number of carbonyl (C=O) groups is 2. The average molecular weight is 435 g/mol. The van der Waals surface area contributed by atoms with E-state index in [4.69, 9.17) is 23.2 Å². The summed E-state index contributed by atoms with van der Waals surface area (Å²) in [5.41, 5.74) is 1.49. The number of ketones is 1. The molecule has 0 bridgehead atoms. The number of nitrogens with zero attached hydrogens (tertiary/aromatic N) is 4. The molecule has 1 spiro atoms. The second-order valence-electron chi connectivity index (χ2n) is 8.07. The van der Waals surface area contributed by atoms with Crippen LogP contribution in [0, 0.1) is 5.41 Å². The monoisotopic (exact) mass is 434 g/mol. The van der Waals surface area contributed by atoms with Crippen LogP contribution in [-0.4, -0.2) is 57.6 Å². The highest BCUT2D eigenvalue weighted by molar-refractivity contribution is 6.33. The lowest BCUT2D eigenvalue weighted by Crippen LogP contribution is -2.36. The van der Waals surface area contributed by atoms with Gasteiger partial charge in [0.05, 0.1) is 0 Å². The molecule has 2 aromatic rings. The van der Waals surface area contributed by atoms with Gasteiger partial charge >= 0.3 is 6.03 Å². The highest BCUT2D eigenvalue weighted by Gasteiger charge is 2.45. The van der Waals surface area contributed by atoms with E-state index in [2.05, 4.69) is 10.00 Å². The fraction of sp³-hybridized carbons (Fsp3) is 0.476. The van der Waals surface area contributed by atoms with Crippen LogP contribution in [0.25, 0.3) is 0 Å². The van der Waals surface area contributed by atoms with E-state index in [9.17, 15) is 9.59 Å². The van der Waals surface area contributed by atoms with Crippen molar-refractivity contribution in [2.75, 3.05) is 26.2 Å². The zero-order valence-corrected chi connectivity index (χ0v) is 17.9. The topological polar surface area (TPSA) is 58.4 Å². The number of amides is 1. The van der Waals surface area contributed by atoms with Gasteiger partial charge in [-0.25, -0.2) is 4.79 Å². The molecular weight excluding hydrogens is 411 g/mol. The van der Waals surface area contributed by atoms with Gasteiger partial charge in [-0.1, -0.05) is 30.1 Å². The number of hydrogen-bond donors (Lipinski definition) is 0. The summed E-state index contributed by atoms with van der Waals surface area (Å²) in [6.45, 7) is 5.87. The molecule has 2 aliphatic heterocycles. The molecule has 1 atom stereocenters. The predicted molar refractivity (Wildman–Crippen MR) is 113 cm³/mol. The summed E-state index contributed by atoms with van der Waals surface area (Å²) in [7, 11) is 0. The predicted octanol–water partition coefficient (Wildman–Crippen LogP) is 4.35. The van der Waals surface area contributed by atoms with Crippen LogP contribution >= 0.6 is 23.2 Å². The summed E-state index contributed by atoms with van der Waals surface area (Å²) >= 11 is 12.4. The highest BCUT2D eigenvalue weighted by Crippen LogP contribution is 2.40. The van der Waals surface area contributed by atoms with Crippen LogP contribution in [0.2, 0.25) is 10.0 Å². The Labute approximate surface area is 180 Å². The smallest absolute Gasteiger partial charge is 0.322 e. The molecule has 2 saturated heterocycles. The number of carbonyl (C=O) groups excluding carboxylic acids is 2. The number of halogens is 2. The molecule has 4 rings (SSSR count). The maximum Gasteiger partial charge on any atom is 0.344 e. The molecule has 29 heavy (non-hydrogen) atoms. The molecule has 2 fully saturated rings. The Bertz CT molecular complexity index is 945. The highest BCUT2D eigenvalue weighted by atomic mass is 35.5. The molecule has 8 heteroatoms. The van der Waals surface area contributed by atoms with Crippen molar-refractivity contribution < 1.29 is 9.59 Å². The number of Topliss-reactive ketones (excluding diaryl/α,β-unsaturated/α-hetero) is 1. The Balaban J connectivity index is 1.39. The Morgan fingerprint density at radius 3 is 2.72 bits per heavy atom. The molecule has 3 heterocycles. The molecule has 154 valence electrons. The molecule has 1 aromatic carbocycles. The summed E-state index contributed by atoms with van der Waals surface area (Å²) < 4.78 is 1.29. The van der Waals surface area contributed by atoms with E-state index in [1.807, 2.05) is 17.0 Å². The van der Waals surface area contributed by atoms with Crippen molar-refractivity contribution >= 4 is 35.0 Å². The second kappa shape index (κ2) is 8.09. The number of benzene rings is 1. The van der Waals surface area contributed by atoms with Crippen molar-refractivity contribution in [2.45, 2.75) is 32.7 Å². The third-order valence-electron chi connectivity index (χ3n) is 6.02. The van der Waals surface area contributed by atoms with E-state index in [-0.39, 0.29) is 17.2 Å². The first-order chi connectivity index (χ1) is 13.9. The third-order valence-corrected chi connectivity index (χ3v) is 6.62. The van der Waals surface area contributed by atoms with E-state index >= 15 is 0 Å². The number of rotatable bonds is 4. The molecular formula is C21H24Cl2N4O2. The Hall–Kier alpha value is -1.89. The first-order valence-corrected chi connectivity index (χ1v) is 10.7. The fourth-order valence-corrected chi connectivity index (χ4v) is 4.78. The van der Waals surface area contributed by atoms with Gasteiger partial charge in [0.1, 0.15) is 5.69 Å². The second-order valence-corrected chi connectivity index (χ2v) is 8.92. The lowest BCUT2D eigenvalue weighted by atomic mass is 9.86. The molecule has 0 saturated carbocycles. The zero-order chi connectivity index (χ0) is 20.6. The van der Waals surface area contributed by atoms with Gasteiger partial charge in [-0.3, -0.25) is 9.69 Å². The van der Waals surface area contributed by atoms with Gasteiger partial charge in [0, 0.05) is 54.3 Å². The van der Waals surface area contributed by atoms with Gasteiger partial charge in [0.25, 0.3) is 0 Å². The molecule has 6 nitrogen and oxygen atoms in total. The summed E-state index contributed by atoms with van der Waals surface area (Å²) in [4.78, 5) is 28.9. The van der Waals surface area contributed by atoms with Crippen LogP contribution in [0.3, 0.4) is 0 Å². The molecule has 0 radical (unpaired) electrons. The summed E-state index contributed by atoms with van der Waals surface area (Å²) in [6.07, 6.45) is 3.98. The van der Waals surface area contributed by atoms with E-state index in [0.29, 0.717) is 30.2 Å². The largest absolute Gasteiger partial charge is 0.344 e. The maximum atomic E-state index is 12.8. The quantitative estimate of drug-likeness (QED) is 0.671. The first kappa shape index (κ1) is 20.4. The Morgan fingerprint density at radius 1 is 1.14 bits per heavy atom. The summed E-state index contributed by atoms with van der Waals surface area (Å²) in [6, 6.07) is 7.01. The molecule has 0 N–H and O–H groups in total. The van der Waals surface area contributed by atoms with Gasteiger partial charge in [-0.15, -0.1) is 0 Å². The van der Waals surface area contributed by atoms with Crippen molar-refractivity contribution in [1.29, 1.82) is 0 Å². The van der Waals surface area contributed by atoms with Crippen molar-refractivity contribution in [3.63, 3.8) is 0 Å². The van der Waals surface area contributed by atoms with Crippen LogP contribution in [0.4, 0.5) is 4.79 Å². The molecule has 1 unspecified atom stereocenters. The molecule has 1 amide bonds. The van der Waals surface area contributed by atoms with Gasteiger partial charge in [0.15, 0.2) is 5.78 Å². The summed E-state index contributed by atoms with van der Waals surface area (Å²) in [5.74, 6) is -0.0550. The molecule has 0 aliphatic carbocycles. The van der Waals surface area contributed by atoms with Crippen LogP contribution in [-0.2, 0) is 6.54 Å². The minimum atomic E-state index is -0.159. The van der Waals surface area contributed by atoms with Gasteiger partial charge in [-0.2, -0.15) is 9.78 Å². The molecule has 1 aromatic heterocycles. The first-order valence-electron chi connectivity index (χ1n) is 9.93. The SMILES string of the molecule is CCC(=O)c1ccn(C(=O)N2CCC3(CCN(Cc4cc(Cl)ccc4Cl)C3)C2)n1. The van der Waals surface area contributed by atoms with Crippen molar-refractivity contribution in [3.8, 4) is 0 Å². The number of likely N-dealkylation sites (tertiary alicyclic amines) is 2. The Morgan fingerprint density at radius 2 is 1.93 bits per heavy atom. The Kier molecular flexibility index (Phi) is 5.69. The lowest BCUT2D eigenvalue weighted by Gasteiger charge is -2.25. The van der Waals surface area contributed by atoms with E-state index in [1.54, 1.807) is 25.3 Å². The van der Waals surface area contributed by atoms with E-state index < -0.39 is 0 Å². The van der Waals surface area contributed by atoms with Crippen LogP contribution < -0.4 is 0 Å².